The first kappa shape index (κ1) is 12.1. The maximum Gasteiger partial charge on any atom is 0.253 e. The first-order chi connectivity index (χ1) is 7.65. The summed E-state index contributed by atoms with van der Waals surface area (Å²) < 4.78 is 12.7. The van der Waals surface area contributed by atoms with E-state index in [9.17, 15) is 9.18 Å². The van der Waals surface area contributed by atoms with Gasteiger partial charge in [-0.2, -0.15) is 0 Å². The van der Waals surface area contributed by atoms with Gasteiger partial charge in [-0.3, -0.25) is 4.79 Å². The molecule has 0 radical (unpaired) electrons. The maximum atomic E-state index is 12.7. The molecular formula is C12H13FN2O. The van der Waals surface area contributed by atoms with Crippen LogP contribution in [-0.2, 0) is 0 Å². The van der Waals surface area contributed by atoms with Gasteiger partial charge in [-0.1, -0.05) is 0 Å². The van der Waals surface area contributed by atoms with E-state index in [4.69, 9.17) is 12.2 Å². The molecule has 1 amide bonds. The third-order valence-corrected chi connectivity index (χ3v) is 2.04. The van der Waals surface area contributed by atoms with Crippen LogP contribution in [0.4, 0.5) is 10.1 Å². The van der Waals surface area contributed by atoms with E-state index in [2.05, 4.69) is 11.2 Å². The molecule has 0 bridgehead atoms. The third-order valence-electron chi connectivity index (χ3n) is 2.04. The average molecular weight is 220 g/mol. The van der Waals surface area contributed by atoms with Crippen LogP contribution in [0.3, 0.4) is 0 Å². The lowest BCUT2D eigenvalue weighted by Crippen LogP contribution is -2.25. The van der Waals surface area contributed by atoms with Crippen molar-refractivity contribution in [2.45, 2.75) is 12.8 Å². The molecule has 1 aromatic carbocycles. The number of benzene rings is 1. The minimum atomic E-state index is -0.457. The molecule has 1 rings (SSSR count). The second-order valence-corrected chi connectivity index (χ2v) is 3.30. The number of hydrogen-bond acceptors (Lipinski definition) is 2. The summed E-state index contributed by atoms with van der Waals surface area (Å²) in [7, 11) is 0. The Morgan fingerprint density at radius 1 is 1.56 bits per heavy atom. The highest BCUT2D eigenvalue weighted by atomic mass is 19.1. The highest BCUT2D eigenvalue weighted by molar-refractivity contribution is 5.99. The lowest BCUT2D eigenvalue weighted by molar-refractivity contribution is 0.0954. The summed E-state index contributed by atoms with van der Waals surface area (Å²) in [6.45, 7) is 0.486. The largest absolute Gasteiger partial charge is 0.398 e. The minimum absolute atomic E-state index is 0.134. The maximum absolute atomic E-state index is 12.7. The number of unbranched alkanes of at least 4 members (excludes halogenated alkanes) is 1. The van der Waals surface area contributed by atoms with E-state index in [1.807, 2.05) is 0 Å². The molecule has 0 unspecified atom stereocenters. The van der Waals surface area contributed by atoms with Crippen molar-refractivity contribution >= 4 is 11.6 Å². The topological polar surface area (TPSA) is 55.1 Å². The summed E-state index contributed by atoms with van der Waals surface area (Å²) >= 11 is 0. The standard InChI is InChI=1S/C12H13FN2O/c1-2-3-4-7-15-12(16)10-6-5-9(13)8-11(10)14/h1,5-6,8H,3-4,7,14H2,(H,15,16). The van der Waals surface area contributed by atoms with Crippen molar-refractivity contribution in [2.75, 3.05) is 12.3 Å². The van der Waals surface area contributed by atoms with Crippen LogP contribution in [0.15, 0.2) is 18.2 Å². The number of halogens is 1. The molecule has 84 valence electrons. The zero-order valence-electron chi connectivity index (χ0n) is 8.79. The van der Waals surface area contributed by atoms with Crippen LogP contribution in [-0.4, -0.2) is 12.5 Å². The SMILES string of the molecule is C#CCCCNC(=O)c1ccc(F)cc1N. The smallest absolute Gasteiger partial charge is 0.253 e. The second kappa shape index (κ2) is 5.76. The Bertz CT molecular complexity index is 424. The Hall–Kier alpha value is -2.02. The number of carbonyl (C=O) groups is 1. The van der Waals surface area contributed by atoms with Gasteiger partial charge in [-0.05, 0) is 24.6 Å². The zero-order valence-corrected chi connectivity index (χ0v) is 8.79. The van der Waals surface area contributed by atoms with Crippen molar-refractivity contribution in [1.29, 1.82) is 0 Å². The van der Waals surface area contributed by atoms with Gasteiger partial charge in [0.05, 0.1) is 5.56 Å². The molecule has 0 aliphatic carbocycles. The average Bonchev–Trinajstić information content (AvgIpc) is 2.24. The molecule has 0 fully saturated rings. The summed E-state index contributed by atoms with van der Waals surface area (Å²) in [6, 6.07) is 3.68. The van der Waals surface area contributed by atoms with E-state index in [0.29, 0.717) is 19.4 Å². The van der Waals surface area contributed by atoms with Crippen LogP contribution in [0.5, 0.6) is 0 Å². The van der Waals surface area contributed by atoms with Crippen LogP contribution in [0, 0.1) is 18.2 Å². The Morgan fingerprint density at radius 3 is 2.94 bits per heavy atom. The molecule has 0 aromatic heterocycles. The van der Waals surface area contributed by atoms with Crippen LogP contribution < -0.4 is 11.1 Å². The fourth-order valence-electron chi connectivity index (χ4n) is 1.23. The van der Waals surface area contributed by atoms with Crippen molar-refractivity contribution in [3.05, 3.63) is 29.6 Å². The van der Waals surface area contributed by atoms with E-state index in [0.717, 1.165) is 6.07 Å². The Kier molecular flexibility index (Phi) is 4.34. The Morgan fingerprint density at radius 2 is 2.31 bits per heavy atom. The molecule has 0 aliphatic heterocycles. The molecule has 4 heteroatoms. The Labute approximate surface area is 93.8 Å². The summed E-state index contributed by atoms with van der Waals surface area (Å²) in [4.78, 5) is 11.6. The predicted molar refractivity (Wildman–Crippen MR) is 61.2 cm³/mol. The number of nitrogens with two attached hydrogens (primary N) is 1. The first-order valence-electron chi connectivity index (χ1n) is 4.92. The quantitative estimate of drug-likeness (QED) is 0.459. The molecule has 0 aliphatic rings. The molecular weight excluding hydrogens is 207 g/mol. The summed E-state index contributed by atoms with van der Waals surface area (Å²) in [5.74, 6) is 1.71. The number of nitrogens with one attached hydrogen (secondary N) is 1. The molecule has 16 heavy (non-hydrogen) atoms. The van der Waals surface area contributed by atoms with Gasteiger partial charge in [-0.25, -0.2) is 4.39 Å². The second-order valence-electron chi connectivity index (χ2n) is 3.30. The molecule has 0 saturated heterocycles. The molecule has 0 atom stereocenters. The van der Waals surface area contributed by atoms with Crippen LogP contribution in [0.2, 0.25) is 0 Å². The molecule has 3 N–H and O–H groups in total. The molecule has 0 saturated carbocycles. The monoisotopic (exact) mass is 220 g/mol. The number of terminal acetylenes is 1. The van der Waals surface area contributed by atoms with Gasteiger partial charge in [0.25, 0.3) is 5.91 Å². The first-order valence-corrected chi connectivity index (χ1v) is 4.92. The van der Waals surface area contributed by atoms with Crippen molar-refractivity contribution in [1.82, 2.24) is 5.32 Å². The van der Waals surface area contributed by atoms with Gasteiger partial charge in [0.15, 0.2) is 0 Å². The third kappa shape index (κ3) is 3.28. The minimum Gasteiger partial charge on any atom is -0.398 e. The number of rotatable bonds is 4. The highest BCUT2D eigenvalue weighted by Crippen LogP contribution is 2.12. The number of anilines is 1. The molecule has 3 nitrogen and oxygen atoms in total. The van der Waals surface area contributed by atoms with Crippen molar-refractivity contribution in [2.24, 2.45) is 0 Å². The number of amides is 1. The summed E-state index contributed by atoms with van der Waals surface area (Å²) in [5.41, 5.74) is 5.93. The molecule has 0 heterocycles. The lowest BCUT2D eigenvalue weighted by atomic mass is 10.1. The van der Waals surface area contributed by atoms with Gasteiger partial charge in [-0.15, -0.1) is 12.3 Å². The van der Waals surface area contributed by atoms with Gasteiger partial charge in [0.2, 0.25) is 0 Å². The van der Waals surface area contributed by atoms with Crippen LogP contribution in [0.1, 0.15) is 23.2 Å². The van der Waals surface area contributed by atoms with Crippen molar-refractivity contribution in [3.63, 3.8) is 0 Å². The van der Waals surface area contributed by atoms with Crippen molar-refractivity contribution < 1.29 is 9.18 Å². The van der Waals surface area contributed by atoms with E-state index >= 15 is 0 Å². The van der Waals surface area contributed by atoms with Crippen LogP contribution in [0.25, 0.3) is 0 Å². The van der Waals surface area contributed by atoms with E-state index in [1.54, 1.807) is 0 Å². The highest BCUT2D eigenvalue weighted by Gasteiger charge is 2.09. The van der Waals surface area contributed by atoms with E-state index in [-0.39, 0.29) is 17.2 Å². The molecule has 1 aromatic rings. The summed E-state index contributed by atoms with van der Waals surface area (Å²) in [5, 5.41) is 2.66. The van der Waals surface area contributed by atoms with Gasteiger partial charge in [0.1, 0.15) is 5.82 Å². The van der Waals surface area contributed by atoms with E-state index < -0.39 is 5.82 Å². The zero-order chi connectivity index (χ0) is 12.0. The Balaban J connectivity index is 2.57. The van der Waals surface area contributed by atoms with E-state index in [1.165, 1.54) is 12.1 Å². The number of nitrogen functional groups attached to an aromatic ring is 1. The normalized spacial score (nSPS) is 9.50. The van der Waals surface area contributed by atoms with Gasteiger partial charge in [0, 0.05) is 18.7 Å². The van der Waals surface area contributed by atoms with Crippen LogP contribution >= 0.6 is 0 Å². The van der Waals surface area contributed by atoms with Crippen molar-refractivity contribution in [3.8, 4) is 12.3 Å². The summed E-state index contributed by atoms with van der Waals surface area (Å²) in [6.07, 6.45) is 6.39. The fourth-order valence-corrected chi connectivity index (χ4v) is 1.23. The predicted octanol–water partition coefficient (Wildman–Crippen LogP) is 1.55. The molecule has 0 spiro atoms. The number of hydrogen-bond donors (Lipinski definition) is 2. The van der Waals surface area contributed by atoms with Gasteiger partial charge < -0.3 is 11.1 Å². The number of carbonyl (C=O) groups excluding carboxylic acids is 1. The lowest BCUT2D eigenvalue weighted by Gasteiger charge is -2.06. The fraction of sp³-hybridized carbons (Fsp3) is 0.250. The van der Waals surface area contributed by atoms with Gasteiger partial charge >= 0.3 is 0 Å².